The Kier molecular flexibility index (Phi) is 15.6. The van der Waals surface area contributed by atoms with E-state index in [4.69, 9.17) is 11.5 Å². The summed E-state index contributed by atoms with van der Waals surface area (Å²) < 4.78 is 0. The largest absolute Gasteiger partial charge is 0.368 e. The van der Waals surface area contributed by atoms with Crippen molar-refractivity contribution in [2.75, 3.05) is 26.7 Å². The number of aromatic nitrogens is 3. The molecule has 59 heavy (non-hydrogen) atoms. The van der Waals surface area contributed by atoms with E-state index in [0.717, 1.165) is 33.5 Å². The van der Waals surface area contributed by atoms with Gasteiger partial charge in [0.05, 0.1) is 18.9 Å². The molecule has 0 saturated heterocycles. The molecule has 1 aliphatic heterocycles. The molecule has 7 amide bonds. The monoisotopic (exact) mass is 808 g/mol. The van der Waals surface area contributed by atoms with E-state index in [-0.39, 0.29) is 25.8 Å². The van der Waals surface area contributed by atoms with Gasteiger partial charge in [0.15, 0.2) is 0 Å². The molecule has 312 valence electrons. The zero-order chi connectivity index (χ0) is 42.3. The minimum absolute atomic E-state index is 0.0592. The third-order valence-electron chi connectivity index (χ3n) is 9.86. The molecular weight excluding hydrogens is 757 g/mol. The van der Waals surface area contributed by atoms with Crippen molar-refractivity contribution in [3.8, 4) is 11.8 Å². The Morgan fingerprint density at radius 3 is 2.41 bits per heavy atom. The molecule has 0 spiro atoms. The van der Waals surface area contributed by atoms with E-state index in [1.165, 1.54) is 13.3 Å². The minimum atomic E-state index is -1.23. The fraction of sp³-hybridized carbons (Fsp3) is 0.390. The molecule has 18 heteroatoms. The number of carbonyl (C=O) groups excluding carboxylic acids is 6. The summed E-state index contributed by atoms with van der Waals surface area (Å²) in [5, 5.41) is 12.5. The summed E-state index contributed by atoms with van der Waals surface area (Å²) in [6, 6.07) is 10.1. The number of primary amides is 1. The molecule has 0 aliphatic carbocycles. The van der Waals surface area contributed by atoms with Crippen molar-refractivity contribution >= 4 is 46.5 Å². The molecule has 0 bridgehead atoms. The van der Waals surface area contributed by atoms with Crippen LogP contribution in [0.2, 0.25) is 0 Å². The van der Waals surface area contributed by atoms with Gasteiger partial charge in [0, 0.05) is 48.3 Å². The van der Waals surface area contributed by atoms with Crippen LogP contribution in [0, 0.1) is 11.8 Å². The van der Waals surface area contributed by atoms with Crippen LogP contribution in [0.15, 0.2) is 73.3 Å². The summed E-state index contributed by atoms with van der Waals surface area (Å²) >= 11 is 0. The molecule has 3 heterocycles. The molecule has 5 atom stereocenters. The number of nitrogens with one attached hydrogen (secondary N) is 7. The first-order valence-corrected chi connectivity index (χ1v) is 19.4. The van der Waals surface area contributed by atoms with Crippen LogP contribution >= 0.6 is 0 Å². The molecule has 11 N–H and O–H groups in total. The number of aromatic amines is 2. The number of urea groups is 1. The van der Waals surface area contributed by atoms with Gasteiger partial charge in [-0.25, -0.2) is 14.8 Å². The number of rotatable bonds is 13. The average Bonchev–Trinajstić information content (AvgIpc) is 3.89. The van der Waals surface area contributed by atoms with Gasteiger partial charge >= 0.3 is 6.03 Å². The number of hydrazine groups is 1. The third-order valence-corrected chi connectivity index (χ3v) is 9.86. The van der Waals surface area contributed by atoms with Crippen LogP contribution in [0.25, 0.3) is 10.9 Å². The second-order valence-corrected chi connectivity index (χ2v) is 14.5. The van der Waals surface area contributed by atoms with E-state index < -0.39 is 65.8 Å². The number of imidazole rings is 1. The lowest BCUT2D eigenvalue weighted by Gasteiger charge is -2.28. The van der Waals surface area contributed by atoms with Crippen LogP contribution in [0.1, 0.15) is 43.0 Å². The van der Waals surface area contributed by atoms with Gasteiger partial charge in [0.1, 0.15) is 30.7 Å². The Morgan fingerprint density at radius 1 is 0.915 bits per heavy atom. The van der Waals surface area contributed by atoms with Gasteiger partial charge in [0.2, 0.25) is 23.6 Å². The number of amides is 7. The highest BCUT2D eigenvalue weighted by Gasteiger charge is 2.31. The summed E-state index contributed by atoms with van der Waals surface area (Å²) in [6.45, 7) is 2.16. The number of para-hydroxylation sites is 1. The normalized spacial score (nSPS) is 18.6. The Hall–Kier alpha value is -6.71. The molecule has 0 saturated carbocycles. The van der Waals surface area contributed by atoms with Crippen LogP contribution in [-0.4, -0.2) is 117 Å². The lowest BCUT2D eigenvalue weighted by atomic mass is 10.0. The minimum Gasteiger partial charge on any atom is -0.368 e. The molecule has 5 rings (SSSR count). The van der Waals surface area contributed by atoms with Gasteiger partial charge in [-0.3, -0.25) is 34.3 Å². The number of hydrogen-bond donors (Lipinski definition) is 9. The molecule has 18 nitrogen and oxygen atoms in total. The predicted molar refractivity (Wildman–Crippen MR) is 219 cm³/mol. The van der Waals surface area contributed by atoms with Gasteiger partial charge < -0.3 is 42.7 Å². The molecular formula is C41H52N12O6. The Bertz CT molecular complexity index is 2130. The van der Waals surface area contributed by atoms with E-state index in [9.17, 15) is 28.8 Å². The van der Waals surface area contributed by atoms with Crippen molar-refractivity contribution in [1.82, 2.24) is 51.6 Å². The van der Waals surface area contributed by atoms with E-state index in [2.05, 4.69) is 53.5 Å². The summed E-state index contributed by atoms with van der Waals surface area (Å²) in [6.07, 6.45) is 6.68. The number of hydrogen-bond acceptors (Lipinski definition) is 9. The third kappa shape index (κ3) is 12.9. The first kappa shape index (κ1) is 43.4. The fourth-order valence-corrected chi connectivity index (χ4v) is 6.48. The van der Waals surface area contributed by atoms with Gasteiger partial charge in [0.25, 0.3) is 5.91 Å². The van der Waals surface area contributed by atoms with Crippen molar-refractivity contribution in [3.05, 3.63) is 90.1 Å². The van der Waals surface area contributed by atoms with Crippen LogP contribution in [0.4, 0.5) is 4.79 Å². The summed E-state index contributed by atoms with van der Waals surface area (Å²) in [5.74, 6) is 2.52. The molecule has 2 aromatic heterocycles. The maximum Gasteiger partial charge on any atom is 0.337 e. The molecule has 4 aromatic rings. The highest BCUT2D eigenvalue weighted by molar-refractivity contribution is 5.95. The number of H-pyrrole nitrogens is 2. The van der Waals surface area contributed by atoms with Crippen LogP contribution in [0.3, 0.4) is 0 Å². The summed E-state index contributed by atoms with van der Waals surface area (Å²) in [5.41, 5.74) is 17.3. The number of nitrogens with two attached hydrogens (primary N) is 2. The zero-order valence-corrected chi connectivity index (χ0v) is 33.1. The van der Waals surface area contributed by atoms with Gasteiger partial charge in [-0.1, -0.05) is 60.4 Å². The predicted octanol–water partition coefficient (Wildman–Crippen LogP) is -0.264. The first-order valence-electron chi connectivity index (χ1n) is 19.4. The number of nitrogens with zero attached hydrogens (tertiary/aromatic N) is 3. The Morgan fingerprint density at radius 2 is 1.66 bits per heavy atom. The SMILES string of the molecule is C[C@H](NC(=O)[C@@H](Cc1c[nH]c2ccccc12)NC(=O)[C@@H](N)Cc1cnc[nH]1)C(=O)NN1CC#CCN(C)CCCC[C@@H](C(N)=O)NC(=O)[C@@H](Cc2ccccc2)NC1=O. The number of carbonyl (C=O) groups is 6. The molecule has 0 fully saturated rings. The highest BCUT2D eigenvalue weighted by Crippen LogP contribution is 2.19. The lowest BCUT2D eigenvalue weighted by Crippen LogP contribution is -2.61. The Balaban J connectivity index is 1.33. The van der Waals surface area contributed by atoms with Crippen molar-refractivity contribution in [3.63, 3.8) is 0 Å². The van der Waals surface area contributed by atoms with Crippen molar-refractivity contribution in [2.45, 2.75) is 75.7 Å². The van der Waals surface area contributed by atoms with Gasteiger partial charge in [-0.2, -0.15) is 0 Å². The summed E-state index contributed by atoms with van der Waals surface area (Å²) in [4.78, 5) is 92.8. The van der Waals surface area contributed by atoms with Crippen LogP contribution in [-0.2, 0) is 43.2 Å². The van der Waals surface area contributed by atoms with Crippen molar-refractivity contribution in [1.29, 1.82) is 0 Å². The topological polar surface area (TPSA) is 266 Å². The molecule has 0 unspecified atom stereocenters. The average molecular weight is 809 g/mol. The van der Waals surface area contributed by atoms with Gasteiger partial charge in [-0.15, -0.1) is 0 Å². The standard InChI is InChI=1S/C41H52N12O6/c1-26(47-39(57)35(21-28-23-45-32-15-7-6-14-30(28)32)49-38(56)31(42)22-29-24-44-25-46-29)37(55)51-53-19-11-10-18-52(2)17-9-8-16-33(36(43)54)48-40(58)34(50-41(53)59)20-27-12-4-3-5-13-27/h3-7,12-15,23-26,31,33-35,45H,8-9,16-22,42H2,1-2H3,(H2,43,54)(H,44,46)(H,47,57)(H,48,58)(H,49,56)(H,50,59)(H,51,55)/t26-,31-,33-,34+,35+/m0/s1. The maximum absolute atomic E-state index is 13.9. The smallest absolute Gasteiger partial charge is 0.337 e. The van der Waals surface area contributed by atoms with E-state index in [0.29, 0.717) is 31.6 Å². The molecule has 2 aromatic carbocycles. The Labute approximate surface area is 342 Å². The van der Waals surface area contributed by atoms with E-state index in [1.54, 1.807) is 36.7 Å². The van der Waals surface area contributed by atoms with Crippen LogP contribution < -0.4 is 38.2 Å². The number of fused-ring (bicyclic) bond motifs is 1. The van der Waals surface area contributed by atoms with Crippen molar-refractivity contribution < 1.29 is 28.8 Å². The highest BCUT2D eigenvalue weighted by atomic mass is 16.2. The van der Waals surface area contributed by atoms with E-state index >= 15 is 0 Å². The lowest BCUT2D eigenvalue weighted by molar-refractivity contribution is -0.133. The van der Waals surface area contributed by atoms with Crippen LogP contribution in [0.5, 0.6) is 0 Å². The van der Waals surface area contributed by atoms with E-state index in [1.807, 2.05) is 42.3 Å². The zero-order valence-electron chi connectivity index (χ0n) is 33.1. The second-order valence-electron chi connectivity index (χ2n) is 14.5. The fourth-order valence-electron chi connectivity index (χ4n) is 6.48. The quantitative estimate of drug-likeness (QED) is 0.0805. The van der Waals surface area contributed by atoms with Gasteiger partial charge in [-0.05, 0) is 57.0 Å². The van der Waals surface area contributed by atoms with Crippen molar-refractivity contribution in [2.24, 2.45) is 11.5 Å². The molecule has 0 radical (unpaired) electrons. The second kappa shape index (κ2) is 21.2. The molecule has 1 aliphatic rings. The summed E-state index contributed by atoms with van der Waals surface area (Å²) in [7, 11) is 1.87. The first-order chi connectivity index (χ1) is 28.4. The number of benzene rings is 2. The maximum atomic E-state index is 13.9.